The zero-order valence-corrected chi connectivity index (χ0v) is 12.1. The molecular formula is C15H9Cl2NO3. The summed E-state index contributed by atoms with van der Waals surface area (Å²) in [7, 11) is 0. The van der Waals surface area contributed by atoms with Crippen molar-refractivity contribution in [2.45, 2.75) is 6.61 Å². The lowest BCUT2D eigenvalue weighted by atomic mass is 10.1. The fourth-order valence-corrected chi connectivity index (χ4v) is 2.17. The Morgan fingerprint density at radius 1 is 1.24 bits per heavy atom. The number of benzene rings is 2. The summed E-state index contributed by atoms with van der Waals surface area (Å²) >= 11 is 11.8. The third kappa shape index (κ3) is 3.66. The quantitative estimate of drug-likeness (QED) is 0.918. The second-order valence-electron chi connectivity index (χ2n) is 4.16. The molecule has 106 valence electrons. The van der Waals surface area contributed by atoms with Crippen molar-refractivity contribution in [3.05, 3.63) is 63.1 Å². The minimum atomic E-state index is -1.15. The van der Waals surface area contributed by atoms with Crippen LogP contribution in [0.2, 0.25) is 10.0 Å². The maximum Gasteiger partial charge on any atom is 0.337 e. The van der Waals surface area contributed by atoms with Gasteiger partial charge in [-0.15, -0.1) is 0 Å². The molecule has 6 heteroatoms. The average Bonchev–Trinajstić information content (AvgIpc) is 2.46. The summed E-state index contributed by atoms with van der Waals surface area (Å²) in [5, 5.41) is 18.8. The molecule has 0 aliphatic carbocycles. The topological polar surface area (TPSA) is 70.3 Å². The van der Waals surface area contributed by atoms with Crippen LogP contribution in [0.4, 0.5) is 0 Å². The number of halogens is 2. The summed E-state index contributed by atoms with van der Waals surface area (Å²) < 4.78 is 5.52. The second kappa shape index (κ2) is 6.49. The van der Waals surface area contributed by atoms with Crippen LogP contribution in [0, 0.1) is 11.3 Å². The molecule has 0 saturated heterocycles. The van der Waals surface area contributed by atoms with Gasteiger partial charge in [0.25, 0.3) is 0 Å². The van der Waals surface area contributed by atoms with Crippen LogP contribution in [0.5, 0.6) is 5.75 Å². The van der Waals surface area contributed by atoms with Crippen molar-refractivity contribution in [3.8, 4) is 11.8 Å². The van der Waals surface area contributed by atoms with Crippen LogP contribution >= 0.6 is 23.2 Å². The SMILES string of the molecule is N#Cc1ccc(COc2ccc(Cl)cc2Cl)cc1C(=O)O. The van der Waals surface area contributed by atoms with E-state index in [2.05, 4.69) is 0 Å². The highest BCUT2D eigenvalue weighted by molar-refractivity contribution is 6.35. The van der Waals surface area contributed by atoms with E-state index in [9.17, 15) is 4.79 Å². The van der Waals surface area contributed by atoms with Gasteiger partial charge in [0.15, 0.2) is 0 Å². The fourth-order valence-electron chi connectivity index (χ4n) is 1.71. The van der Waals surface area contributed by atoms with E-state index in [1.54, 1.807) is 24.3 Å². The Balaban J connectivity index is 2.19. The predicted octanol–water partition coefficient (Wildman–Crippen LogP) is 4.14. The van der Waals surface area contributed by atoms with Crippen LogP contribution in [0.15, 0.2) is 36.4 Å². The molecular weight excluding hydrogens is 313 g/mol. The molecule has 2 aromatic rings. The third-order valence-electron chi connectivity index (χ3n) is 2.72. The van der Waals surface area contributed by atoms with Gasteiger partial charge in [0.05, 0.1) is 16.1 Å². The van der Waals surface area contributed by atoms with Gasteiger partial charge in [-0.05, 0) is 35.9 Å². The molecule has 0 unspecified atom stereocenters. The molecule has 0 amide bonds. The molecule has 0 aliphatic rings. The molecule has 0 fully saturated rings. The number of aromatic carboxylic acids is 1. The average molecular weight is 322 g/mol. The zero-order chi connectivity index (χ0) is 15.4. The van der Waals surface area contributed by atoms with Crippen molar-refractivity contribution in [2.75, 3.05) is 0 Å². The second-order valence-corrected chi connectivity index (χ2v) is 5.00. The van der Waals surface area contributed by atoms with Crippen LogP contribution in [-0.4, -0.2) is 11.1 Å². The fraction of sp³-hybridized carbons (Fsp3) is 0.0667. The Morgan fingerprint density at radius 2 is 2.00 bits per heavy atom. The van der Waals surface area contributed by atoms with Crippen LogP contribution in [0.25, 0.3) is 0 Å². The van der Waals surface area contributed by atoms with Gasteiger partial charge >= 0.3 is 5.97 Å². The molecule has 1 N–H and O–H groups in total. The van der Waals surface area contributed by atoms with E-state index in [0.29, 0.717) is 21.4 Å². The smallest absolute Gasteiger partial charge is 0.337 e. The Kier molecular flexibility index (Phi) is 4.69. The lowest BCUT2D eigenvalue weighted by Gasteiger charge is -2.09. The first-order valence-corrected chi connectivity index (χ1v) is 6.61. The normalized spacial score (nSPS) is 9.95. The standard InChI is InChI=1S/C15H9Cl2NO3/c16-11-3-4-14(13(17)6-11)21-8-9-1-2-10(7-18)12(5-9)15(19)20/h1-6H,8H2,(H,19,20). The van der Waals surface area contributed by atoms with Gasteiger partial charge in [0.1, 0.15) is 18.4 Å². The van der Waals surface area contributed by atoms with Crippen LogP contribution in [-0.2, 0) is 6.61 Å². The zero-order valence-electron chi connectivity index (χ0n) is 10.6. The minimum Gasteiger partial charge on any atom is -0.487 e. The summed E-state index contributed by atoms with van der Waals surface area (Å²) in [6.07, 6.45) is 0. The lowest BCUT2D eigenvalue weighted by Crippen LogP contribution is -2.03. The van der Waals surface area contributed by atoms with E-state index in [1.807, 2.05) is 6.07 Å². The number of hydrogen-bond acceptors (Lipinski definition) is 3. The van der Waals surface area contributed by atoms with Gasteiger partial charge in [-0.1, -0.05) is 29.3 Å². The summed E-state index contributed by atoms with van der Waals surface area (Å²) in [4.78, 5) is 11.1. The maximum atomic E-state index is 11.1. The number of ether oxygens (including phenoxy) is 1. The highest BCUT2D eigenvalue weighted by Crippen LogP contribution is 2.28. The summed E-state index contributed by atoms with van der Waals surface area (Å²) in [5.41, 5.74) is 0.675. The molecule has 21 heavy (non-hydrogen) atoms. The Hall–Kier alpha value is -2.22. The van der Waals surface area contributed by atoms with Crippen LogP contribution in [0.3, 0.4) is 0 Å². The minimum absolute atomic E-state index is 0.0548. The van der Waals surface area contributed by atoms with Gasteiger partial charge in [-0.2, -0.15) is 5.26 Å². The van der Waals surface area contributed by atoms with E-state index in [0.717, 1.165) is 0 Å². The summed E-state index contributed by atoms with van der Waals surface area (Å²) in [6.45, 7) is 0.132. The molecule has 4 nitrogen and oxygen atoms in total. The van der Waals surface area contributed by atoms with Crippen LogP contribution in [0.1, 0.15) is 21.5 Å². The number of carboxylic acid groups (broad SMARTS) is 1. The van der Waals surface area contributed by atoms with E-state index in [1.165, 1.54) is 12.1 Å². The number of nitrogens with zero attached hydrogens (tertiary/aromatic N) is 1. The van der Waals surface area contributed by atoms with Crippen LogP contribution < -0.4 is 4.74 Å². The largest absolute Gasteiger partial charge is 0.487 e. The molecule has 0 aromatic heterocycles. The molecule has 2 rings (SSSR count). The first-order chi connectivity index (χ1) is 10.0. The molecule has 0 aliphatic heterocycles. The Bertz CT molecular complexity index is 738. The summed E-state index contributed by atoms with van der Waals surface area (Å²) in [6, 6.07) is 11.2. The van der Waals surface area contributed by atoms with Crippen molar-refractivity contribution in [2.24, 2.45) is 0 Å². The number of carboxylic acids is 1. The van der Waals surface area contributed by atoms with Gasteiger partial charge in [-0.3, -0.25) is 0 Å². The number of hydrogen-bond donors (Lipinski definition) is 1. The first-order valence-electron chi connectivity index (χ1n) is 5.85. The Labute approximate surface area is 131 Å². The lowest BCUT2D eigenvalue weighted by molar-refractivity contribution is 0.0696. The van der Waals surface area contributed by atoms with Crippen molar-refractivity contribution >= 4 is 29.2 Å². The predicted molar refractivity (Wildman–Crippen MR) is 78.9 cm³/mol. The van der Waals surface area contributed by atoms with Crippen molar-refractivity contribution in [3.63, 3.8) is 0 Å². The molecule has 0 spiro atoms. The molecule has 0 bridgehead atoms. The Morgan fingerprint density at radius 3 is 2.62 bits per heavy atom. The number of carbonyl (C=O) groups is 1. The number of nitriles is 1. The number of rotatable bonds is 4. The molecule has 0 heterocycles. The maximum absolute atomic E-state index is 11.1. The van der Waals surface area contributed by atoms with E-state index in [-0.39, 0.29) is 17.7 Å². The molecule has 0 radical (unpaired) electrons. The van der Waals surface area contributed by atoms with Crippen molar-refractivity contribution < 1.29 is 14.6 Å². The molecule has 0 saturated carbocycles. The van der Waals surface area contributed by atoms with Gasteiger partial charge in [0.2, 0.25) is 0 Å². The van der Waals surface area contributed by atoms with Gasteiger partial charge < -0.3 is 9.84 Å². The summed E-state index contributed by atoms with van der Waals surface area (Å²) in [5.74, 6) is -0.708. The van der Waals surface area contributed by atoms with Crippen molar-refractivity contribution in [1.82, 2.24) is 0 Å². The van der Waals surface area contributed by atoms with Gasteiger partial charge in [-0.25, -0.2) is 4.79 Å². The van der Waals surface area contributed by atoms with E-state index < -0.39 is 5.97 Å². The monoisotopic (exact) mass is 321 g/mol. The van der Waals surface area contributed by atoms with Crippen molar-refractivity contribution in [1.29, 1.82) is 5.26 Å². The first kappa shape index (κ1) is 15.2. The highest BCUT2D eigenvalue weighted by Gasteiger charge is 2.11. The van der Waals surface area contributed by atoms with Gasteiger partial charge in [0, 0.05) is 5.02 Å². The van der Waals surface area contributed by atoms with E-state index in [4.69, 9.17) is 38.3 Å². The molecule has 2 aromatic carbocycles. The third-order valence-corrected chi connectivity index (χ3v) is 3.25. The molecule has 0 atom stereocenters. The highest BCUT2D eigenvalue weighted by atomic mass is 35.5. The van der Waals surface area contributed by atoms with E-state index >= 15 is 0 Å².